The fourth-order valence-electron chi connectivity index (χ4n) is 2.61. The lowest BCUT2D eigenvalue weighted by Crippen LogP contribution is -1.92. The van der Waals surface area contributed by atoms with E-state index in [4.69, 9.17) is 11.6 Å². The van der Waals surface area contributed by atoms with Gasteiger partial charge < -0.3 is 10.2 Å². The van der Waals surface area contributed by atoms with E-state index < -0.39 is 11.6 Å². The minimum atomic E-state index is -0.725. The number of hydrogen-bond acceptors (Lipinski definition) is 3. The number of hydrogen-bond donors (Lipinski definition) is 2. The van der Waals surface area contributed by atoms with Crippen LogP contribution in [0.2, 0.25) is 5.02 Å². The largest absolute Gasteiger partial charge is 0.508 e. The Hall–Kier alpha value is -2.77. The zero-order valence-electron chi connectivity index (χ0n) is 14.2. The lowest BCUT2D eigenvalue weighted by Gasteiger charge is -2.09. The van der Waals surface area contributed by atoms with Gasteiger partial charge in [-0.15, -0.1) is 0 Å². The first-order chi connectivity index (χ1) is 12.5. The highest BCUT2D eigenvalue weighted by atomic mass is 35.5. The number of fused-ring (bicyclic) bond motifs is 1. The van der Waals surface area contributed by atoms with Crippen LogP contribution in [-0.4, -0.2) is 15.2 Å². The second kappa shape index (κ2) is 7.63. The van der Waals surface area contributed by atoms with Gasteiger partial charge in [-0.1, -0.05) is 36.8 Å². The lowest BCUT2D eigenvalue weighted by molar-refractivity contribution is 0.432. The van der Waals surface area contributed by atoms with Gasteiger partial charge in [-0.3, -0.25) is 0 Å². The zero-order valence-corrected chi connectivity index (χ0v) is 14.9. The lowest BCUT2D eigenvalue weighted by atomic mass is 10.0. The van der Waals surface area contributed by atoms with Crippen LogP contribution in [-0.2, 0) is 0 Å². The van der Waals surface area contributed by atoms with Crippen LogP contribution in [0.25, 0.3) is 22.2 Å². The molecule has 0 unspecified atom stereocenters. The highest BCUT2D eigenvalue weighted by molar-refractivity contribution is 6.35. The van der Waals surface area contributed by atoms with Crippen molar-refractivity contribution in [3.63, 3.8) is 0 Å². The van der Waals surface area contributed by atoms with Crippen molar-refractivity contribution >= 4 is 22.5 Å². The topological polar surface area (TPSA) is 53.4 Å². The molecule has 0 saturated carbocycles. The van der Waals surface area contributed by atoms with E-state index in [2.05, 4.69) is 23.7 Å². The van der Waals surface area contributed by atoms with Gasteiger partial charge in [0.25, 0.3) is 0 Å². The number of rotatable bonds is 3. The van der Waals surface area contributed by atoms with Crippen LogP contribution in [0.5, 0.6) is 11.5 Å². The van der Waals surface area contributed by atoms with Gasteiger partial charge in [-0.05, 0) is 36.8 Å². The quantitative estimate of drug-likeness (QED) is 0.463. The van der Waals surface area contributed by atoms with E-state index in [-0.39, 0.29) is 10.8 Å². The maximum atomic E-state index is 13.7. The molecule has 26 heavy (non-hydrogen) atoms. The van der Waals surface area contributed by atoms with E-state index in [9.17, 15) is 14.6 Å². The molecular weight excluding hydrogens is 353 g/mol. The molecule has 0 spiro atoms. The van der Waals surface area contributed by atoms with Crippen molar-refractivity contribution in [2.75, 3.05) is 0 Å². The SMILES string of the molecule is CCCCC#Cc1cc(-c2ccc(O)c(F)c2)nc2c(Cl)cc(O)cc12. The molecule has 0 radical (unpaired) electrons. The molecule has 3 nitrogen and oxygen atoms in total. The number of benzene rings is 2. The molecule has 132 valence electrons. The summed E-state index contributed by atoms with van der Waals surface area (Å²) in [6.07, 6.45) is 2.81. The van der Waals surface area contributed by atoms with Crippen LogP contribution in [0.4, 0.5) is 4.39 Å². The number of phenols is 2. The van der Waals surface area contributed by atoms with Gasteiger partial charge >= 0.3 is 0 Å². The zero-order chi connectivity index (χ0) is 18.7. The molecule has 1 aromatic heterocycles. The standard InChI is InChI=1S/C21H17ClFNO2/c1-2-3-4-5-6-13-10-19(14-7-8-20(26)18(23)9-14)24-21-16(13)11-15(25)12-17(21)22/h7-12,25-26H,2-4H2,1H3. The van der Waals surface area contributed by atoms with Crippen molar-refractivity contribution < 1.29 is 14.6 Å². The maximum Gasteiger partial charge on any atom is 0.165 e. The smallest absolute Gasteiger partial charge is 0.165 e. The van der Waals surface area contributed by atoms with Crippen LogP contribution < -0.4 is 0 Å². The van der Waals surface area contributed by atoms with Crippen LogP contribution in [0.15, 0.2) is 36.4 Å². The molecule has 1 heterocycles. The second-order valence-electron chi connectivity index (χ2n) is 5.95. The summed E-state index contributed by atoms with van der Waals surface area (Å²) in [4.78, 5) is 4.50. The number of unbranched alkanes of at least 4 members (excludes halogenated alkanes) is 2. The normalized spacial score (nSPS) is 10.6. The molecule has 0 aliphatic heterocycles. The maximum absolute atomic E-state index is 13.7. The molecule has 0 aliphatic carbocycles. The van der Waals surface area contributed by atoms with Crippen LogP contribution >= 0.6 is 11.6 Å². The summed E-state index contributed by atoms with van der Waals surface area (Å²) in [6.45, 7) is 2.10. The van der Waals surface area contributed by atoms with Crippen molar-refractivity contribution in [3.8, 4) is 34.6 Å². The van der Waals surface area contributed by atoms with Gasteiger partial charge in [0.15, 0.2) is 11.6 Å². The third kappa shape index (κ3) is 3.74. The molecule has 0 amide bonds. The summed E-state index contributed by atoms with van der Waals surface area (Å²) in [5.74, 6) is 5.11. The van der Waals surface area contributed by atoms with Crippen molar-refractivity contribution in [2.24, 2.45) is 0 Å². The van der Waals surface area contributed by atoms with Gasteiger partial charge in [0.05, 0.1) is 16.2 Å². The first kappa shape index (κ1) is 18.0. The molecule has 0 saturated heterocycles. The van der Waals surface area contributed by atoms with Crippen LogP contribution in [0.3, 0.4) is 0 Å². The number of halogens is 2. The van der Waals surface area contributed by atoms with Crippen molar-refractivity contribution in [3.05, 3.63) is 52.8 Å². The van der Waals surface area contributed by atoms with E-state index in [1.807, 2.05) is 0 Å². The summed E-state index contributed by atoms with van der Waals surface area (Å²) in [7, 11) is 0. The average Bonchev–Trinajstić information content (AvgIpc) is 2.61. The van der Waals surface area contributed by atoms with Crippen molar-refractivity contribution in [1.29, 1.82) is 0 Å². The Morgan fingerprint density at radius 1 is 1.15 bits per heavy atom. The van der Waals surface area contributed by atoms with E-state index in [0.29, 0.717) is 27.7 Å². The van der Waals surface area contributed by atoms with Gasteiger partial charge in [0.2, 0.25) is 0 Å². The molecule has 2 N–H and O–H groups in total. The monoisotopic (exact) mass is 369 g/mol. The number of aromatic hydroxyl groups is 2. The van der Waals surface area contributed by atoms with Crippen LogP contribution in [0, 0.1) is 17.7 Å². The predicted molar refractivity (Wildman–Crippen MR) is 102 cm³/mol. The van der Waals surface area contributed by atoms with Gasteiger partial charge in [-0.25, -0.2) is 9.37 Å². The number of nitrogens with zero attached hydrogens (tertiary/aromatic N) is 1. The minimum absolute atomic E-state index is 0.0318. The summed E-state index contributed by atoms with van der Waals surface area (Å²) < 4.78 is 13.7. The molecule has 0 fully saturated rings. The molecule has 3 aromatic rings. The van der Waals surface area contributed by atoms with Crippen LogP contribution in [0.1, 0.15) is 31.7 Å². The molecule has 5 heteroatoms. The fraction of sp³-hybridized carbons (Fsp3) is 0.190. The summed E-state index contributed by atoms with van der Waals surface area (Å²) in [5, 5.41) is 20.2. The van der Waals surface area contributed by atoms with E-state index in [0.717, 1.165) is 19.3 Å². The fourth-order valence-corrected chi connectivity index (χ4v) is 2.87. The van der Waals surface area contributed by atoms with E-state index in [1.54, 1.807) is 18.2 Å². The second-order valence-corrected chi connectivity index (χ2v) is 6.36. The third-order valence-electron chi connectivity index (χ3n) is 3.97. The van der Waals surface area contributed by atoms with E-state index >= 15 is 0 Å². The Balaban J connectivity index is 2.21. The molecule has 0 atom stereocenters. The molecule has 0 bridgehead atoms. The summed E-state index contributed by atoms with van der Waals surface area (Å²) in [5.41, 5.74) is 2.13. The Morgan fingerprint density at radius 2 is 1.96 bits per heavy atom. The molecule has 3 rings (SSSR count). The first-order valence-corrected chi connectivity index (χ1v) is 8.68. The highest BCUT2D eigenvalue weighted by Gasteiger charge is 2.12. The summed E-state index contributed by atoms with van der Waals surface area (Å²) in [6, 6.07) is 8.79. The Labute approximate surface area is 156 Å². The number of pyridine rings is 1. The minimum Gasteiger partial charge on any atom is -0.508 e. The van der Waals surface area contributed by atoms with Crippen molar-refractivity contribution in [2.45, 2.75) is 26.2 Å². The molecule has 0 aliphatic rings. The Morgan fingerprint density at radius 3 is 2.69 bits per heavy atom. The van der Waals surface area contributed by atoms with E-state index in [1.165, 1.54) is 18.2 Å². The van der Waals surface area contributed by atoms with Gasteiger partial charge in [0, 0.05) is 29.0 Å². The van der Waals surface area contributed by atoms with Crippen molar-refractivity contribution in [1.82, 2.24) is 4.98 Å². The third-order valence-corrected chi connectivity index (χ3v) is 4.26. The molecule has 2 aromatic carbocycles. The Bertz CT molecular complexity index is 1040. The highest BCUT2D eigenvalue weighted by Crippen LogP contribution is 2.33. The number of aromatic nitrogens is 1. The van der Waals surface area contributed by atoms with Gasteiger partial charge in [0.1, 0.15) is 5.75 Å². The number of phenolic OH excluding ortho intramolecular Hbond substituents is 2. The predicted octanol–water partition coefficient (Wildman–Crippen LogP) is 5.65. The summed E-state index contributed by atoms with van der Waals surface area (Å²) >= 11 is 6.25. The Kier molecular flexibility index (Phi) is 5.29. The van der Waals surface area contributed by atoms with Gasteiger partial charge in [-0.2, -0.15) is 0 Å². The molecular formula is C21H17ClFNO2. The average molecular weight is 370 g/mol. The first-order valence-electron chi connectivity index (χ1n) is 8.30.